The van der Waals surface area contributed by atoms with Crippen LogP contribution in [0.25, 0.3) is 0 Å². The van der Waals surface area contributed by atoms with Gasteiger partial charge in [-0.25, -0.2) is 4.79 Å². The molecule has 0 N–H and O–H groups in total. The molecule has 1 heterocycles. The van der Waals surface area contributed by atoms with E-state index in [1.807, 2.05) is 63.3 Å². The molecule has 3 aliphatic rings. The first-order valence-corrected chi connectivity index (χ1v) is 18.6. The normalized spacial score (nSPS) is 24.0. The average molecular weight is 724 g/mol. The minimum absolute atomic E-state index is 0.0774. The van der Waals surface area contributed by atoms with Gasteiger partial charge in [-0.1, -0.05) is 135 Å². The van der Waals surface area contributed by atoms with E-state index in [2.05, 4.69) is 91.0 Å². The second-order valence-electron chi connectivity index (χ2n) is 15.6. The Morgan fingerprint density at radius 3 is 1.51 bits per heavy atom. The third-order valence-electron chi connectivity index (χ3n) is 10.1. The van der Waals surface area contributed by atoms with Crippen LogP contribution in [0.1, 0.15) is 82.1 Å². The third-order valence-corrected chi connectivity index (χ3v) is 10.1. The summed E-state index contributed by atoms with van der Waals surface area (Å²) in [5.74, 6) is -0.0556. The molecule has 0 radical (unpaired) electrons. The number of hydrogen-bond donors (Lipinski definition) is 0. The van der Waals surface area contributed by atoms with Gasteiger partial charge >= 0.3 is 6.09 Å². The van der Waals surface area contributed by atoms with Crippen molar-refractivity contribution in [3.63, 3.8) is 0 Å². The first-order valence-electron chi connectivity index (χ1n) is 18.6. The first-order chi connectivity index (χ1) is 25.0. The zero-order valence-corrected chi connectivity index (χ0v) is 33.9. The fourth-order valence-corrected chi connectivity index (χ4v) is 6.79. The number of morpholine rings is 1. The Morgan fingerprint density at radius 1 is 0.660 bits per heavy atom. The maximum absolute atomic E-state index is 13.2. The van der Waals surface area contributed by atoms with Crippen LogP contribution in [-0.4, -0.2) is 68.2 Å². The summed E-state index contributed by atoms with van der Waals surface area (Å²) in [7, 11) is 1.60. The van der Waals surface area contributed by atoms with Gasteiger partial charge in [0.1, 0.15) is 6.10 Å². The van der Waals surface area contributed by atoms with Crippen LogP contribution in [0.3, 0.4) is 0 Å². The van der Waals surface area contributed by atoms with E-state index in [1.54, 1.807) is 12.0 Å². The van der Waals surface area contributed by atoms with Gasteiger partial charge in [-0.2, -0.15) is 0 Å². The quantitative estimate of drug-likeness (QED) is 0.187. The van der Waals surface area contributed by atoms with E-state index in [-0.39, 0.29) is 28.5 Å². The molecule has 2 aliphatic carbocycles. The van der Waals surface area contributed by atoms with Crippen LogP contribution in [0.5, 0.6) is 0 Å². The number of ether oxygens (including phenoxy) is 3. The van der Waals surface area contributed by atoms with Crippen LogP contribution in [0.4, 0.5) is 4.79 Å². The number of carbonyl (C=O) groups is 3. The van der Waals surface area contributed by atoms with Crippen LogP contribution < -0.4 is 0 Å². The lowest BCUT2D eigenvalue weighted by molar-refractivity contribution is -0.127. The molecular formula is C46H61NO6. The summed E-state index contributed by atoms with van der Waals surface area (Å²) in [6, 6.07) is 0. The molecule has 1 amide bonds. The minimum atomic E-state index is -0.779. The second-order valence-corrected chi connectivity index (χ2v) is 15.6. The van der Waals surface area contributed by atoms with Gasteiger partial charge in [0.25, 0.3) is 0 Å². The summed E-state index contributed by atoms with van der Waals surface area (Å²) in [6.45, 7) is 22.4. The Bertz CT molecular complexity index is 1720. The van der Waals surface area contributed by atoms with Crippen molar-refractivity contribution in [3.05, 3.63) is 130 Å². The van der Waals surface area contributed by atoms with Crippen molar-refractivity contribution in [1.82, 2.24) is 4.90 Å². The largest absolute Gasteiger partial charge is 0.438 e. The summed E-state index contributed by atoms with van der Waals surface area (Å²) in [5, 5.41) is 0. The van der Waals surface area contributed by atoms with Crippen LogP contribution in [0, 0.1) is 10.8 Å². The number of amides is 1. The zero-order valence-electron chi connectivity index (χ0n) is 33.9. The number of rotatable bonds is 12. The highest BCUT2D eigenvalue weighted by molar-refractivity contribution is 6.02. The van der Waals surface area contributed by atoms with E-state index in [4.69, 9.17) is 14.2 Å². The van der Waals surface area contributed by atoms with Gasteiger partial charge in [0.15, 0.2) is 17.7 Å². The molecule has 0 saturated carbocycles. The molecule has 2 atom stereocenters. The standard InChI is InChI=1S/C46H61NO6/c1-32(18-14-20-34(3)22-24-38-36(5)42(48)40(51-11)30-45(38,7)8)16-12-13-17-33(2)19-15-21-35(4)23-25-39-37(6)43(49)41(31-46(39,9)10)53-44(50)47-26-28-52-29-27-47/h12-25,40-41H,26-31H2,1-11H3/b13-12+,18-14+,19-15+,24-22+,25-23+,32-16+,33-17+,34-20+,35-21+. The molecule has 2 unspecified atom stereocenters. The smallest absolute Gasteiger partial charge is 0.410 e. The third kappa shape index (κ3) is 12.6. The SMILES string of the molecule is COC1CC(C)(C)C(/C=C/C(C)=C/C=C/C(C)=C/C=C/C=C(C)/C=C/C=C(C)/C=C/C2=C(C)C(=O)C(OC(=O)N3CCOCC3)CC2(C)C)=C(C)C1=O. The summed E-state index contributed by atoms with van der Waals surface area (Å²) >= 11 is 0. The molecule has 53 heavy (non-hydrogen) atoms. The number of Topliss-reactive ketones (excluding diaryl/α,β-unsaturated/α-hetero) is 2. The number of allylic oxidation sites excluding steroid dienone is 20. The summed E-state index contributed by atoms with van der Waals surface area (Å²) in [4.78, 5) is 40.1. The maximum atomic E-state index is 13.2. The lowest BCUT2D eigenvalue weighted by Crippen LogP contribution is -2.45. The van der Waals surface area contributed by atoms with Gasteiger partial charge in [0.2, 0.25) is 0 Å². The molecule has 1 fully saturated rings. The Labute approximate surface area is 318 Å². The Balaban J connectivity index is 1.54. The molecule has 0 aromatic heterocycles. The Morgan fingerprint density at radius 2 is 1.06 bits per heavy atom. The second kappa shape index (κ2) is 19.7. The van der Waals surface area contributed by atoms with E-state index in [1.165, 1.54) is 0 Å². The van der Waals surface area contributed by atoms with Gasteiger partial charge in [0, 0.05) is 26.6 Å². The van der Waals surface area contributed by atoms with Gasteiger partial charge in [-0.15, -0.1) is 0 Å². The monoisotopic (exact) mass is 723 g/mol. The molecular weight excluding hydrogens is 663 g/mol. The van der Waals surface area contributed by atoms with Crippen molar-refractivity contribution in [3.8, 4) is 0 Å². The Hall–Kier alpha value is -4.33. The topological polar surface area (TPSA) is 82.1 Å². The number of methoxy groups -OCH3 is 1. The maximum Gasteiger partial charge on any atom is 0.410 e. The fraction of sp³-hybridized carbons (Fsp3) is 0.457. The minimum Gasteiger partial charge on any atom is -0.438 e. The fourth-order valence-electron chi connectivity index (χ4n) is 6.79. The van der Waals surface area contributed by atoms with E-state index < -0.39 is 12.2 Å². The molecule has 3 rings (SSSR count). The number of carbonyl (C=O) groups excluding carboxylic acids is 3. The van der Waals surface area contributed by atoms with Gasteiger partial charge < -0.3 is 19.1 Å². The van der Waals surface area contributed by atoms with Crippen LogP contribution >= 0.6 is 0 Å². The molecule has 7 nitrogen and oxygen atoms in total. The van der Waals surface area contributed by atoms with Gasteiger partial charge in [-0.3, -0.25) is 9.59 Å². The van der Waals surface area contributed by atoms with Crippen LogP contribution in [0.2, 0.25) is 0 Å². The summed E-state index contributed by atoms with van der Waals surface area (Å²) < 4.78 is 16.4. The molecule has 286 valence electrons. The molecule has 7 heteroatoms. The van der Waals surface area contributed by atoms with E-state index in [0.29, 0.717) is 44.7 Å². The molecule has 1 saturated heterocycles. The predicted octanol–water partition coefficient (Wildman–Crippen LogP) is 10.0. The molecule has 0 aromatic carbocycles. The van der Waals surface area contributed by atoms with E-state index in [9.17, 15) is 14.4 Å². The van der Waals surface area contributed by atoms with Crippen molar-refractivity contribution < 1.29 is 28.6 Å². The molecule has 0 aromatic rings. The van der Waals surface area contributed by atoms with Crippen molar-refractivity contribution in [2.75, 3.05) is 33.4 Å². The van der Waals surface area contributed by atoms with Crippen LogP contribution in [-0.2, 0) is 23.8 Å². The first kappa shape index (κ1) is 43.1. The van der Waals surface area contributed by atoms with Crippen molar-refractivity contribution in [2.24, 2.45) is 10.8 Å². The summed E-state index contributed by atoms with van der Waals surface area (Å²) in [6.07, 6.45) is 28.2. The highest BCUT2D eigenvalue weighted by Crippen LogP contribution is 2.42. The molecule has 0 spiro atoms. The number of hydrogen-bond acceptors (Lipinski definition) is 6. The Kier molecular flexibility index (Phi) is 16.0. The van der Waals surface area contributed by atoms with Crippen molar-refractivity contribution in [1.29, 1.82) is 0 Å². The zero-order chi connectivity index (χ0) is 39.3. The lowest BCUT2D eigenvalue weighted by atomic mass is 9.71. The van der Waals surface area contributed by atoms with E-state index in [0.717, 1.165) is 39.0 Å². The summed E-state index contributed by atoms with van der Waals surface area (Å²) in [5.41, 5.74) is 7.40. The number of nitrogens with zero attached hydrogens (tertiary/aromatic N) is 1. The predicted molar refractivity (Wildman–Crippen MR) is 216 cm³/mol. The van der Waals surface area contributed by atoms with Crippen LogP contribution in [0.15, 0.2) is 130 Å². The molecule has 0 bridgehead atoms. The van der Waals surface area contributed by atoms with Crippen molar-refractivity contribution >= 4 is 17.7 Å². The lowest BCUT2D eigenvalue weighted by Gasteiger charge is -2.37. The highest BCUT2D eigenvalue weighted by atomic mass is 16.6. The van der Waals surface area contributed by atoms with Crippen molar-refractivity contribution in [2.45, 2.75) is 94.3 Å². The molecule has 1 aliphatic heterocycles. The average Bonchev–Trinajstić information content (AvgIpc) is 3.10. The van der Waals surface area contributed by atoms with E-state index >= 15 is 0 Å². The highest BCUT2D eigenvalue weighted by Gasteiger charge is 2.41. The van der Waals surface area contributed by atoms with Gasteiger partial charge in [0.05, 0.1) is 13.2 Å². The van der Waals surface area contributed by atoms with Gasteiger partial charge in [-0.05, 0) is 81.1 Å². The number of ketones is 2.